The molecule has 3 heterocycles. The van der Waals surface area contributed by atoms with Crippen LogP contribution in [0.25, 0.3) is 11.4 Å². The molecule has 0 radical (unpaired) electrons. The highest BCUT2D eigenvalue weighted by atomic mass is 35.5. The van der Waals surface area contributed by atoms with Crippen molar-refractivity contribution in [2.45, 2.75) is 39.4 Å². The standard InChI is InChI=1S/C20H22ClN5O/c1-13(2)26-11-14(9-22-26)10-25-8-7-18-17(12-25)20(27)24-19(23-18)15-3-5-16(21)6-4-15/h3-6,9,11,13H,7-8,10,12H2,1-2H3,(H,23,24,27). The summed E-state index contributed by atoms with van der Waals surface area (Å²) in [6.07, 6.45) is 4.74. The quantitative estimate of drug-likeness (QED) is 0.749. The first-order valence-electron chi connectivity index (χ1n) is 9.13. The van der Waals surface area contributed by atoms with Crippen molar-refractivity contribution >= 4 is 11.6 Å². The van der Waals surface area contributed by atoms with Crippen LogP contribution in [0.1, 0.15) is 36.7 Å². The Morgan fingerprint density at radius 1 is 1.26 bits per heavy atom. The second kappa shape index (κ2) is 7.29. The lowest BCUT2D eigenvalue weighted by molar-refractivity contribution is 0.241. The highest BCUT2D eigenvalue weighted by Crippen LogP contribution is 2.21. The Labute approximate surface area is 162 Å². The third-order valence-electron chi connectivity index (χ3n) is 4.86. The summed E-state index contributed by atoms with van der Waals surface area (Å²) < 4.78 is 1.96. The summed E-state index contributed by atoms with van der Waals surface area (Å²) in [7, 11) is 0. The maximum Gasteiger partial charge on any atom is 0.255 e. The third kappa shape index (κ3) is 3.82. The molecule has 1 aliphatic heterocycles. The maximum absolute atomic E-state index is 12.7. The van der Waals surface area contributed by atoms with Crippen LogP contribution in [0.15, 0.2) is 41.5 Å². The molecule has 1 aromatic carbocycles. The second-order valence-electron chi connectivity index (χ2n) is 7.23. The zero-order valence-electron chi connectivity index (χ0n) is 15.4. The molecular formula is C20H22ClN5O. The number of hydrogen-bond donors (Lipinski definition) is 1. The number of hydrogen-bond acceptors (Lipinski definition) is 4. The van der Waals surface area contributed by atoms with E-state index in [1.807, 2.05) is 23.0 Å². The van der Waals surface area contributed by atoms with Gasteiger partial charge in [0.1, 0.15) is 5.82 Å². The number of fused-ring (bicyclic) bond motifs is 1. The molecule has 3 aromatic rings. The van der Waals surface area contributed by atoms with Crippen LogP contribution in [0, 0.1) is 0 Å². The third-order valence-corrected chi connectivity index (χ3v) is 5.11. The van der Waals surface area contributed by atoms with Gasteiger partial charge in [0, 0.05) is 54.4 Å². The fraction of sp³-hybridized carbons (Fsp3) is 0.350. The fourth-order valence-corrected chi connectivity index (χ4v) is 3.49. The molecule has 1 N–H and O–H groups in total. The maximum atomic E-state index is 12.7. The van der Waals surface area contributed by atoms with E-state index < -0.39 is 0 Å². The van der Waals surface area contributed by atoms with Crippen molar-refractivity contribution in [1.29, 1.82) is 0 Å². The van der Waals surface area contributed by atoms with E-state index >= 15 is 0 Å². The predicted molar refractivity (Wildman–Crippen MR) is 106 cm³/mol. The first-order valence-corrected chi connectivity index (χ1v) is 9.51. The molecule has 0 spiro atoms. The van der Waals surface area contributed by atoms with E-state index in [2.05, 4.69) is 35.0 Å². The first-order chi connectivity index (χ1) is 13.0. The van der Waals surface area contributed by atoms with E-state index in [4.69, 9.17) is 16.6 Å². The van der Waals surface area contributed by atoms with Gasteiger partial charge in [-0.1, -0.05) is 11.6 Å². The van der Waals surface area contributed by atoms with E-state index in [0.29, 0.717) is 23.4 Å². The van der Waals surface area contributed by atoms with Gasteiger partial charge in [0.05, 0.1) is 17.5 Å². The van der Waals surface area contributed by atoms with Crippen LogP contribution in [0.5, 0.6) is 0 Å². The van der Waals surface area contributed by atoms with Gasteiger partial charge in [-0.25, -0.2) is 4.98 Å². The minimum absolute atomic E-state index is 0.0625. The molecule has 7 heteroatoms. The molecule has 0 saturated heterocycles. The molecule has 6 nitrogen and oxygen atoms in total. The van der Waals surface area contributed by atoms with Gasteiger partial charge in [-0.3, -0.25) is 14.4 Å². The van der Waals surface area contributed by atoms with Crippen molar-refractivity contribution in [3.63, 3.8) is 0 Å². The van der Waals surface area contributed by atoms with Gasteiger partial charge < -0.3 is 4.98 Å². The molecule has 0 aliphatic carbocycles. The van der Waals surface area contributed by atoms with Crippen LogP contribution in [0.4, 0.5) is 0 Å². The SMILES string of the molecule is CC(C)n1cc(CN2CCc3nc(-c4ccc(Cl)cc4)[nH]c(=O)c3C2)cn1. The Morgan fingerprint density at radius 2 is 2.04 bits per heavy atom. The van der Waals surface area contributed by atoms with Gasteiger partial charge in [0.25, 0.3) is 5.56 Å². The Kier molecular flexibility index (Phi) is 4.85. The number of aromatic amines is 1. The average Bonchev–Trinajstić information content (AvgIpc) is 3.11. The summed E-state index contributed by atoms with van der Waals surface area (Å²) >= 11 is 5.94. The summed E-state index contributed by atoms with van der Waals surface area (Å²) in [4.78, 5) is 22.5. The number of H-pyrrole nitrogens is 1. The van der Waals surface area contributed by atoms with Crippen LogP contribution in [0.2, 0.25) is 5.02 Å². The summed E-state index contributed by atoms with van der Waals surface area (Å²) in [5, 5.41) is 5.06. The van der Waals surface area contributed by atoms with Crippen molar-refractivity contribution in [2.24, 2.45) is 0 Å². The van der Waals surface area contributed by atoms with Crippen molar-refractivity contribution in [3.05, 3.63) is 68.9 Å². The molecule has 0 fully saturated rings. The summed E-state index contributed by atoms with van der Waals surface area (Å²) in [5.41, 5.74) is 3.61. The molecule has 0 unspecified atom stereocenters. The Balaban J connectivity index is 1.54. The summed E-state index contributed by atoms with van der Waals surface area (Å²) in [6.45, 7) is 6.47. The molecule has 140 valence electrons. The highest BCUT2D eigenvalue weighted by molar-refractivity contribution is 6.30. The molecule has 0 amide bonds. The smallest absolute Gasteiger partial charge is 0.255 e. The van der Waals surface area contributed by atoms with Crippen molar-refractivity contribution in [3.8, 4) is 11.4 Å². The van der Waals surface area contributed by atoms with Gasteiger partial charge in [-0.15, -0.1) is 0 Å². The molecule has 0 saturated carbocycles. The number of rotatable bonds is 4. The lowest BCUT2D eigenvalue weighted by Crippen LogP contribution is -2.35. The normalized spacial score (nSPS) is 14.5. The minimum Gasteiger partial charge on any atom is -0.306 e. The summed E-state index contributed by atoms with van der Waals surface area (Å²) in [6, 6.07) is 7.69. The lowest BCUT2D eigenvalue weighted by Gasteiger charge is -2.27. The summed E-state index contributed by atoms with van der Waals surface area (Å²) in [5.74, 6) is 0.599. The minimum atomic E-state index is -0.0625. The van der Waals surface area contributed by atoms with E-state index in [-0.39, 0.29) is 5.56 Å². The first kappa shape index (κ1) is 17.9. The van der Waals surface area contributed by atoms with Crippen molar-refractivity contribution in [1.82, 2.24) is 24.6 Å². The highest BCUT2D eigenvalue weighted by Gasteiger charge is 2.22. The van der Waals surface area contributed by atoms with Gasteiger partial charge in [-0.2, -0.15) is 5.10 Å². The van der Waals surface area contributed by atoms with Crippen LogP contribution >= 0.6 is 11.6 Å². The Bertz CT molecular complexity index is 1010. The molecule has 4 rings (SSSR count). The Morgan fingerprint density at radius 3 is 2.74 bits per heavy atom. The molecule has 27 heavy (non-hydrogen) atoms. The number of benzene rings is 1. The average molecular weight is 384 g/mol. The van der Waals surface area contributed by atoms with E-state index in [1.54, 1.807) is 12.1 Å². The number of nitrogens with one attached hydrogen (secondary N) is 1. The largest absolute Gasteiger partial charge is 0.306 e. The van der Waals surface area contributed by atoms with Crippen molar-refractivity contribution in [2.75, 3.05) is 6.54 Å². The van der Waals surface area contributed by atoms with Gasteiger partial charge in [-0.05, 0) is 38.1 Å². The zero-order chi connectivity index (χ0) is 19.0. The lowest BCUT2D eigenvalue weighted by atomic mass is 10.1. The van der Waals surface area contributed by atoms with Gasteiger partial charge in [0.2, 0.25) is 0 Å². The zero-order valence-corrected chi connectivity index (χ0v) is 16.2. The van der Waals surface area contributed by atoms with E-state index in [0.717, 1.165) is 41.9 Å². The molecule has 0 atom stereocenters. The number of aromatic nitrogens is 4. The van der Waals surface area contributed by atoms with Crippen LogP contribution in [-0.2, 0) is 19.5 Å². The molecular weight excluding hydrogens is 362 g/mol. The Hall–Kier alpha value is -2.44. The fourth-order valence-electron chi connectivity index (χ4n) is 3.36. The van der Waals surface area contributed by atoms with Gasteiger partial charge >= 0.3 is 0 Å². The number of halogens is 1. The second-order valence-corrected chi connectivity index (χ2v) is 7.67. The van der Waals surface area contributed by atoms with Crippen LogP contribution in [0.3, 0.4) is 0 Å². The molecule has 0 bridgehead atoms. The van der Waals surface area contributed by atoms with Crippen molar-refractivity contribution < 1.29 is 0 Å². The number of nitrogens with zero attached hydrogens (tertiary/aromatic N) is 4. The predicted octanol–water partition coefficient (Wildman–Crippen LogP) is 3.43. The van der Waals surface area contributed by atoms with Crippen LogP contribution < -0.4 is 5.56 Å². The van der Waals surface area contributed by atoms with Gasteiger partial charge in [0.15, 0.2) is 0 Å². The van der Waals surface area contributed by atoms with E-state index in [9.17, 15) is 4.79 Å². The van der Waals surface area contributed by atoms with Crippen LogP contribution in [-0.4, -0.2) is 31.2 Å². The van der Waals surface area contributed by atoms with E-state index in [1.165, 1.54) is 0 Å². The molecule has 2 aromatic heterocycles. The topological polar surface area (TPSA) is 66.8 Å². The molecule has 1 aliphatic rings. The monoisotopic (exact) mass is 383 g/mol.